The van der Waals surface area contributed by atoms with Crippen LogP contribution in [0.3, 0.4) is 0 Å². The van der Waals surface area contributed by atoms with Gasteiger partial charge in [0, 0.05) is 24.9 Å². The molecule has 1 unspecified atom stereocenters. The van der Waals surface area contributed by atoms with Crippen LogP contribution in [0.4, 0.5) is 20.2 Å². The molecular weight excluding hydrogens is 258 g/mol. The zero-order valence-electron chi connectivity index (χ0n) is 9.60. The molecule has 2 rings (SSSR count). The molecule has 1 saturated heterocycles. The van der Waals surface area contributed by atoms with E-state index in [0.717, 1.165) is 11.0 Å². The fourth-order valence-electron chi connectivity index (χ4n) is 1.97. The molecule has 0 N–H and O–H groups in total. The molecule has 5 nitrogen and oxygen atoms in total. The predicted molar refractivity (Wildman–Crippen MR) is 62.3 cm³/mol. The van der Waals surface area contributed by atoms with Crippen LogP contribution in [0, 0.1) is 40.0 Å². The molecule has 1 aliphatic heterocycles. The van der Waals surface area contributed by atoms with Gasteiger partial charge in [0.1, 0.15) is 0 Å². The number of hydrogen-bond acceptors (Lipinski definition) is 3. The van der Waals surface area contributed by atoms with E-state index in [1.165, 1.54) is 0 Å². The summed E-state index contributed by atoms with van der Waals surface area (Å²) in [6.45, 7) is -0.0590. The summed E-state index contributed by atoms with van der Waals surface area (Å²) in [6, 6.07) is 1.47. The van der Waals surface area contributed by atoms with Crippen LogP contribution in [0.15, 0.2) is 12.1 Å². The Balaban J connectivity index is 2.56. The average molecular weight is 266 g/mol. The highest BCUT2D eigenvalue weighted by molar-refractivity contribution is 5.98. The van der Waals surface area contributed by atoms with Crippen LogP contribution in [0.1, 0.15) is 6.42 Å². The molecule has 1 aromatic carbocycles. The maximum Gasteiger partial charge on any atom is 0.296 e. The van der Waals surface area contributed by atoms with Crippen LogP contribution in [0.25, 0.3) is 0 Å². The second-order valence-electron chi connectivity index (χ2n) is 4.06. The van der Waals surface area contributed by atoms with Crippen LogP contribution in [0.2, 0.25) is 0 Å². The molecule has 1 heterocycles. The van der Waals surface area contributed by atoms with Gasteiger partial charge in [0.2, 0.25) is 5.91 Å². The molecule has 1 aromatic rings. The van der Waals surface area contributed by atoms with E-state index < -0.39 is 39.8 Å². The summed E-state index contributed by atoms with van der Waals surface area (Å²) in [7, 11) is 0. The molecule has 98 valence electrons. The van der Waals surface area contributed by atoms with Crippen molar-refractivity contribution in [3.05, 3.63) is 33.9 Å². The van der Waals surface area contributed by atoms with Gasteiger partial charge in [-0.15, -0.1) is 12.3 Å². The van der Waals surface area contributed by atoms with Crippen LogP contribution in [0.5, 0.6) is 0 Å². The highest BCUT2D eigenvalue weighted by atomic mass is 19.2. The van der Waals surface area contributed by atoms with Gasteiger partial charge in [0.05, 0.1) is 4.92 Å². The number of nitrogens with zero attached hydrogens (tertiary/aromatic N) is 2. The fraction of sp³-hybridized carbons (Fsp3) is 0.250. The second-order valence-corrected chi connectivity index (χ2v) is 4.06. The van der Waals surface area contributed by atoms with Crippen LogP contribution in [-0.2, 0) is 4.79 Å². The van der Waals surface area contributed by atoms with Crippen molar-refractivity contribution >= 4 is 17.3 Å². The van der Waals surface area contributed by atoms with Crippen molar-refractivity contribution in [2.45, 2.75) is 6.42 Å². The normalized spacial score (nSPS) is 18.5. The third-order valence-corrected chi connectivity index (χ3v) is 2.88. The van der Waals surface area contributed by atoms with Gasteiger partial charge in [0.25, 0.3) is 5.69 Å². The third-order valence-electron chi connectivity index (χ3n) is 2.88. The number of benzene rings is 1. The van der Waals surface area contributed by atoms with Gasteiger partial charge in [-0.1, -0.05) is 0 Å². The average Bonchev–Trinajstić information content (AvgIpc) is 2.73. The summed E-state index contributed by atoms with van der Waals surface area (Å²) in [5.74, 6) is -1.36. The second kappa shape index (κ2) is 4.65. The van der Waals surface area contributed by atoms with Gasteiger partial charge in [-0.2, -0.15) is 0 Å². The minimum atomic E-state index is -1.42. The van der Waals surface area contributed by atoms with Gasteiger partial charge in [-0.25, -0.2) is 8.78 Å². The van der Waals surface area contributed by atoms with Gasteiger partial charge < -0.3 is 4.90 Å². The van der Waals surface area contributed by atoms with E-state index in [2.05, 4.69) is 5.92 Å². The lowest BCUT2D eigenvalue weighted by Crippen LogP contribution is -2.26. The summed E-state index contributed by atoms with van der Waals surface area (Å²) < 4.78 is 27.0. The van der Waals surface area contributed by atoms with E-state index in [4.69, 9.17) is 6.42 Å². The lowest BCUT2D eigenvalue weighted by Gasteiger charge is -2.16. The topological polar surface area (TPSA) is 63.5 Å². The molecule has 7 heteroatoms. The van der Waals surface area contributed by atoms with Crippen LogP contribution >= 0.6 is 0 Å². The molecule has 0 aliphatic carbocycles. The number of carbonyl (C=O) groups is 1. The molecule has 1 aliphatic rings. The van der Waals surface area contributed by atoms with Crippen molar-refractivity contribution in [3.8, 4) is 12.3 Å². The number of terminal acetylenes is 1. The van der Waals surface area contributed by atoms with Gasteiger partial charge in [0.15, 0.2) is 17.3 Å². The minimum Gasteiger partial charge on any atom is -0.303 e. The Labute approximate surface area is 107 Å². The zero-order valence-corrected chi connectivity index (χ0v) is 9.60. The van der Waals surface area contributed by atoms with E-state index in [1.807, 2.05) is 0 Å². The quantitative estimate of drug-likeness (QED) is 0.466. The fourth-order valence-corrected chi connectivity index (χ4v) is 1.97. The first-order valence-corrected chi connectivity index (χ1v) is 5.34. The van der Waals surface area contributed by atoms with Gasteiger partial charge in [-0.3, -0.25) is 14.9 Å². The Hall–Kier alpha value is -2.49. The predicted octanol–water partition coefficient (Wildman–Crippen LogP) is 1.86. The molecule has 0 bridgehead atoms. The highest BCUT2D eigenvalue weighted by Crippen LogP contribution is 2.36. The van der Waals surface area contributed by atoms with E-state index in [1.54, 1.807) is 0 Å². The van der Waals surface area contributed by atoms with Crippen molar-refractivity contribution in [1.82, 2.24) is 0 Å². The molecule has 1 amide bonds. The number of anilines is 1. The Morgan fingerprint density at radius 2 is 2.16 bits per heavy atom. The van der Waals surface area contributed by atoms with E-state index >= 15 is 0 Å². The van der Waals surface area contributed by atoms with E-state index in [0.29, 0.717) is 6.07 Å². The largest absolute Gasteiger partial charge is 0.303 e. The zero-order chi connectivity index (χ0) is 14.2. The minimum absolute atomic E-state index is 0.0381. The number of hydrogen-bond donors (Lipinski definition) is 0. The highest BCUT2D eigenvalue weighted by Gasteiger charge is 2.36. The molecule has 1 atom stereocenters. The molecule has 0 saturated carbocycles. The summed E-state index contributed by atoms with van der Waals surface area (Å²) in [6.07, 6.45) is 5.13. The number of amides is 1. The van der Waals surface area contributed by atoms with Crippen molar-refractivity contribution in [2.75, 3.05) is 11.4 Å². The number of rotatable bonds is 2. The summed E-state index contributed by atoms with van der Waals surface area (Å²) in [4.78, 5) is 22.5. The first kappa shape index (κ1) is 13.0. The standard InChI is InChI=1S/C12H8F2N2O3/c1-2-7-5-10(17)15(6-7)12-9(16(18)19)4-3-8(13)11(12)14/h1,3-4,7H,5-6H2. The summed E-state index contributed by atoms with van der Waals surface area (Å²) >= 11 is 0. The third kappa shape index (κ3) is 2.12. The Bertz CT molecular complexity index is 610. The molecule has 1 fully saturated rings. The molecular formula is C12H8F2N2O3. The first-order chi connectivity index (χ1) is 8.95. The Morgan fingerprint density at radius 3 is 2.68 bits per heavy atom. The number of nitro benzene ring substituents is 1. The summed E-state index contributed by atoms with van der Waals surface area (Å²) in [5, 5.41) is 10.8. The monoisotopic (exact) mass is 266 g/mol. The maximum absolute atomic E-state index is 13.8. The molecule has 0 aromatic heterocycles. The maximum atomic E-state index is 13.8. The number of halogens is 2. The lowest BCUT2D eigenvalue weighted by atomic mass is 10.1. The number of nitro groups is 1. The van der Waals surface area contributed by atoms with E-state index in [-0.39, 0.29) is 13.0 Å². The molecule has 0 spiro atoms. The SMILES string of the molecule is C#CC1CC(=O)N(c2c([N+](=O)[O-])ccc(F)c2F)C1. The van der Waals surface area contributed by atoms with Crippen molar-refractivity contribution < 1.29 is 18.5 Å². The lowest BCUT2D eigenvalue weighted by molar-refractivity contribution is -0.384. The van der Waals surface area contributed by atoms with Crippen molar-refractivity contribution in [2.24, 2.45) is 5.92 Å². The van der Waals surface area contributed by atoms with Crippen LogP contribution < -0.4 is 4.90 Å². The first-order valence-electron chi connectivity index (χ1n) is 5.34. The summed E-state index contributed by atoms with van der Waals surface area (Å²) in [5.41, 5.74) is -1.32. The van der Waals surface area contributed by atoms with Crippen molar-refractivity contribution in [1.29, 1.82) is 0 Å². The Morgan fingerprint density at radius 1 is 1.47 bits per heavy atom. The van der Waals surface area contributed by atoms with Crippen molar-refractivity contribution in [3.63, 3.8) is 0 Å². The number of carbonyl (C=O) groups excluding carboxylic acids is 1. The van der Waals surface area contributed by atoms with E-state index in [9.17, 15) is 23.7 Å². The molecule has 0 radical (unpaired) electrons. The smallest absolute Gasteiger partial charge is 0.296 e. The molecule has 19 heavy (non-hydrogen) atoms. The van der Waals surface area contributed by atoms with Crippen LogP contribution in [-0.4, -0.2) is 17.4 Å². The Kier molecular flexibility index (Phi) is 3.17. The van der Waals surface area contributed by atoms with Gasteiger partial charge >= 0.3 is 0 Å². The van der Waals surface area contributed by atoms with Gasteiger partial charge in [-0.05, 0) is 6.07 Å².